The van der Waals surface area contributed by atoms with Crippen molar-refractivity contribution in [2.75, 3.05) is 38.3 Å². The first-order valence-electron chi connectivity index (χ1n) is 6.98. The second kappa shape index (κ2) is 8.84. The summed E-state index contributed by atoms with van der Waals surface area (Å²) in [4.78, 5) is 24.9. The first kappa shape index (κ1) is 17.7. The number of hydrogen-bond acceptors (Lipinski definition) is 5. The summed E-state index contributed by atoms with van der Waals surface area (Å²) in [5.41, 5.74) is 1.83. The maximum atomic E-state index is 11.6. The van der Waals surface area contributed by atoms with Gasteiger partial charge in [0.15, 0.2) is 0 Å². The normalized spacial score (nSPS) is 9.95. The van der Waals surface area contributed by atoms with Crippen LogP contribution in [0.5, 0.6) is 0 Å². The van der Waals surface area contributed by atoms with E-state index in [-0.39, 0.29) is 19.1 Å². The molecule has 0 fully saturated rings. The number of hydrogen-bond donors (Lipinski definition) is 2. The van der Waals surface area contributed by atoms with Crippen LogP contribution in [0.25, 0.3) is 0 Å². The Bertz CT molecular complexity index is 525. The highest BCUT2D eigenvalue weighted by Gasteiger charge is 2.08. The maximum Gasteiger partial charge on any atom is 0.338 e. The van der Waals surface area contributed by atoms with Gasteiger partial charge < -0.3 is 20.1 Å². The Labute approximate surface area is 130 Å². The second-order valence-electron chi connectivity index (χ2n) is 4.86. The number of nitrogens with zero attached hydrogens (tertiary/aromatic N) is 1. The molecule has 2 N–H and O–H groups in total. The van der Waals surface area contributed by atoms with Crippen molar-refractivity contribution in [1.82, 2.24) is 5.32 Å². The number of aliphatic hydroxyl groups is 1. The van der Waals surface area contributed by atoms with Crippen LogP contribution in [-0.4, -0.2) is 50.3 Å². The molecule has 0 aliphatic heterocycles. The third-order valence-corrected chi connectivity index (χ3v) is 2.99. The predicted molar refractivity (Wildman–Crippen MR) is 84.9 cm³/mol. The van der Waals surface area contributed by atoms with Crippen LogP contribution < -0.4 is 10.2 Å². The number of carbonyl (C=O) groups is 2. The first-order chi connectivity index (χ1) is 10.5. The molecule has 0 radical (unpaired) electrons. The van der Waals surface area contributed by atoms with E-state index in [0.29, 0.717) is 24.2 Å². The van der Waals surface area contributed by atoms with E-state index in [4.69, 9.17) is 9.84 Å². The number of anilines is 1. The van der Waals surface area contributed by atoms with E-state index < -0.39 is 5.97 Å². The van der Waals surface area contributed by atoms with Gasteiger partial charge >= 0.3 is 5.97 Å². The maximum absolute atomic E-state index is 11.6. The minimum absolute atomic E-state index is 0.0110. The van der Waals surface area contributed by atoms with Gasteiger partial charge in [0.1, 0.15) is 6.61 Å². The largest absolute Gasteiger partial charge is 0.460 e. The number of esters is 1. The van der Waals surface area contributed by atoms with Crippen molar-refractivity contribution < 1.29 is 19.4 Å². The van der Waals surface area contributed by atoms with Crippen molar-refractivity contribution in [2.24, 2.45) is 0 Å². The Balaban J connectivity index is 2.50. The summed E-state index contributed by atoms with van der Waals surface area (Å²) >= 11 is 0. The van der Waals surface area contributed by atoms with Crippen LogP contribution in [0, 0.1) is 0 Å². The van der Waals surface area contributed by atoms with Gasteiger partial charge in [-0.3, -0.25) is 4.79 Å². The van der Waals surface area contributed by atoms with E-state index in [1.54, 1.807) is 31.2 Å². The van der Waals surface area contributed by atoms with E-state index in [1.165, 1.54) is 0 Å². The summed E-state index contributed by atoms with van der Waals surface area (Å²) in [6.07, 6.45) is 0. The third-order valence-electron chi connectivity index (χ3n) is 2.99. The Kier molecular flexibility index (Phi) is 7.12. The zero-order valence-electron chi connectivity index (χ0n) is 13.0. The molecule has 1 amide bonds. The molecule has 6 nitrogen and oxygen atoms in total. The predicted octanol–water partition coefficient (Wildman–Crippen LogP) is 0.964. The highest BCUT2D eigenvalue weighted by molar-refractivity contribution is 5.92. The van der Waals surface area contributed by atoms with Gasteiger partial charge in [0.2, 0.25) is 5.91 Å². The molecule has 1 rings (SSSR count). The summed E-state index contributed by atoms with van der Waals surface area (Å²) in [6.45, 7) is 6.17. The summed E-state index contributed by atoms with van der Waals surface area (Å²) in [6, 6.07) is 6.93. The van der Waals surface area contributed by atoms with Crippen molar-refractivity contribution >= 4 is 17.6 Å². The van der Waals surface area contributed by atoms with E-state index in [0.717, 1.165) is 5.69 Å². The van der Waals surface area contributed by atoms with Gasteiger partial charge in [-0.2, -0.15) is 0 Å². The van der Waals surface area contributed by atoms with Crippen molar-refractivity contribution in [2.45, 2.75) is 6.92 Å². The first-order valence-corrected chi connectivity index (χ1v) is 6.98. The summed E-state index contributed by atoms with van der Waals surface area (Å²) in [5.74, 6) is -0.618. The average Bonchev–Trinajstić information content (AvgIpc) is 2.52. The molecule has 0 aromatic heterocycles. The molecule has 0 heterocycles. The molecule has 22 heavy (non-hydrogen) atoms. The van der Waals surface area contributed by atoms with Crippen molar-refractivity contribution in [3.63, 3.8) is 0 Å². The van der Waals surface area contributed by atoms with Crippen LogP contribution in [0.3, 0.4) is 0 Å². The van der Waals surface area contributed by atoms with E-state index >= 15 is 0 Å². The SMILES string of the molecule is C=C(C)C(=O)NCCN(C)c1ccc(C(=O)OCCO)cc1. The topological polar surface area (TPSA) is 78.9 Å². The summed E-state index contributed by atoms with van der Waals surface area (Å²) < 4.78 is 4.83. The van der Waals surface area contributed by atoms with Crippen LogP contribution in [0.15, 0.2) is 36.4 Å². The number of likely N-dealkylation sites (N-methyl/N-ethyl adjacent to an activating group) is 1. The van der Waals surface area contributed by atoms with E-state index in [2.05, 4.69) is 11.9 Å². The number of aliphatic hydroxyl groups excluding tert-OH is 1. The van der Waals surface area contributed by atoms with Crippen molar-refractivity contribution in [3.05, 3.63) is 42.0 Å². The third kappa shape index (κ3) is 5.57. The van der Waals surface area contributed by atoms with Gasteiger partial charge in [-0.15, -0.1) is 0 Å². The Hall–Kier alpha value is -2.34. The molecule has 0 spiro atoms. The Morgan fingerprint density at radius 1 is 1.32 bits per heavy atom. The number of nitrogens with one attached hydrogen (secondary N) is 1. The van der Waals surface area contributed by atoms with Crippen molar-refractivity contribution in [3.8, 4) is 0 Å². The molecule has 0 bridgehead atoms. The molecule has 0 unspecified atom stereocenters. The Morgan fingerprint density at radius 2 is 1.95 bits per heavy atom. The van der Waals surface area contributed by atoms with Crippen LogP contribution in [0.4, 0.5) is 5.69 Å². The number of benzene rings is 1. The average molecular weight is 306 g/mol. The highest BCUT2D eigenvalue weighted by atomic mass is 16.5. The van der Waals surface area contributed by atoms with Gasteiger partial charge in [-0.25, -0.2) is 4.79 Å². The molecular formula is C16H22N2O4. The minimum Gasteiger partial charge on any atom is -0.460 e. The summed E-state index contributed by atoms with van der Waals surface area (Å²) in [7, 11) is 1.89. The second-order valence-corrected chi connectivity index (χ2v) is 4.86. The van der Waals surface area contributed by atoms with Crippen LogP contribution in [0.2, 0.25) is 0 Å². The smallest absolute Gasteiger partial charge is 0.338 e. The number of amides is 1. The Morgan fingerprint density at radius 3 is 2.50 bits per heavy atom. The monoisotopic (exact) mass is 306 g/mol. The van der Waals surface area contributed by atoms with E-state index in [9.17, 15) is 9.59 Å². The van der Waals surface area contributed by atoms with Crippen LogP contribution in [-0.2, 0) is 9.53 Å². The molecule has 0 aliphatic rings. The molecule has 0 saturated heterocycles. The lowest BCUT2D eigenvalue weighted by atomic mass is 10.2. The lowest BCUT2D eigenvalue weighted by molar-refractivity contribution is -0.117. The van der Waals surface area contributed by atoms with Gasteiger partial charge in [0.05, 0.1) is 12.2 Å². The molecule has 120 valence electrons. The minimum atomic E-state index is -0.461. The fourth-order valence-corrected chi connectivity index (χ4v) is 1.69. The van der Waals surface area contributed by atoms with Crippen molar-refractivity contribution in [1.29, 1.82) is 0 Å². The molecular weight excluding hydrogens is 284 g/mol. The highest BCUT2D eigenvalue weighted by Crippen LogP contribution is 2.14. The van der Waals surface area contributed by atoms with Crippen LogP contribution in [0.1, 0.15) is 17.3 Å². The molecule has 1 aromatic carbocycles. The fraction of sp³-hybridized carbons (Fsp3) is 0.375. The molecule has 6 heteroatoms. The number of carbonyl (C=O) groups excluding carboxylic acids is 2. The lowest BCUT2D eigenvalue weighted by Crippen LogP contribution is -2.33. The molecule has 0 saturated carbocycles. The summed E-state index contributed by atoms with van der Waals surface area (Å²) in [5, 5.41) is 11.4. The van der Waals surface area contributed by atoms with Gasteiger partial charge in [0, 0.05) is 31.4 Å². The fourth-order valence-electron chi connectivity index (χ4n) is 1.69. The van der Waals surface area contributed by atoms with Gasteiger partial charge in [-0.05, 0) is 31.2 Å². The van der Waals surface area contributed by atoms with E-state index in [1.807, 2.05) is 11.9 Å². The zero-order valence-corrected chi connectivity index (χ0v) is 13.0. The lowest BCUT2D eigenvalue weighted by Gasteiger charge is -2.19. The molecule has 1 aromatic rings. The number of rotatable bonds is 8. The number of ether oxygens (including phenoxy) is 1. The standard InChI is InChI=1S/C16H22N2O4/c1-12(2)15(20)17-8-9-18(3)14-6-4-13(5-7-14)16(21)22-11-10-19/h4-7,19H,1,8-11H2,2-3H3,(H,17,20). The molecule has 0 aliphatic carbocycles. The quantitative estimate of drug-likeness (QED) is 0.552. The van der Waals surface area contributed by atoms with Gasteiger partial charge in [-0.1, -0.05) is 6.58 Å². The zero-order chi connectivity index (χ0) is 16.5. The van der Waals surface area contributed by atoms with Crippen LogP contribution >= 0.6 is 0 Å². The molecule has 0 atom stereocenters. The van der Waals surface area contributed by atoms with Gasteiger partial charge in [0.25, 0.3) is 0 Å².